The lowest BCUT2D eigenvalue weighted by Gasteiger charge is -2.19. The summed E-state index contributed by atoms with van der Waals surface area (Å²) in [7, 11) is 0. The summed E-state index contributed by atoms with van der Waals surface area (Å²) in [5, 5.41) is 7.56. The molecule has 184 valence electrons. The summed E-state index contributed by atoms with van der Waals surface area (Å²) in [6.07, 6.45) is 4.02. The number of benzene rings is 2. The highest BCUT2D eigenvalue weighted by atomic mass is 19.1. The molecule has 0 bridgehead atoms. The van der Waals surface area contributed by atoms with Crippen LogP contribution in [0.15, 0.2) is 54.6 Å². The normalized spacial score (nSPS) is 14.8. The van der Waals surface area contributed by atoms with Crippen molar-refractivity contribution in [3.63, 3.8) is 0 Å². The van der Waals surface area contributed by atoms with Gasteiger partial charge in [-0.2, -0.15) is 0 Å². The number of carbonyl (C=O) groups is 1. The molecule has 6 nitrogen and oxygen atoms in total. The molecular formula is C29H30FN5O. The molecule has 0 radical (unpaired) electrons. The minimum atomic E-state index is -0.287. The topological polar surface area (TPSA) is 63.9 Å². The molecule has 4 aromatic rings. The van der Waals surface area contributed by atoms with E-state index in [1.54, 1.807) is 6.07 Å². The average Bonchev–Trinajstić information content (AvgIpc) is 3.51. The molecule has 4 heterocycles. The van der Waals surface area contributed by atoms with E-state index in [1.807, 2.05) is 22.8 Å². The van der Waals surface area contributed by atoms with Crippen LogP contribution in [0.2, 0.25) is 0 Å². The number of hydrogen-bond donors (Lipinski definition) is 2. The Bertz CT molecular complexity index is 1540. The van der Waals surface area contributed by atoms with Crippen molar-refractivity contribution in [2.24, 2.45) is 0 Å². The summed E-state index contributed by atoms with van der Waals surface area (Å²) in [5.74, 6) is 1.37. The van der Waals surface area contributed by atoms with Crippen LogP contribution in [0.4, 0.5) is 10.2 Å². The van der Waals surface area contributed by atoms with Gasteiger partial charge in [0.1, 0.15) is 17.3 Å². The van der Waals surface area contributed by atoms with Crippen LogP contribution in [-0.2, 0) is 24.9 Å². The number of carbonyl (C=O) groups excluding carboxylic acids is 1. The van der Waals surface area contributed by atoms with Crippen molar-refractivity contribution in [2.45, 2.75) is 52.1 Å². The fourth-order valence-electron chi connectivity index (χ4n) is 5.20. The molecule has 0 saturated carbocycles. The largest absolute Gasteiger partial charge is 0.370 e. The smallest absolute Gasteiger partial charge is 0.272 e. The lowest BCUT2D eigenvalue weighted by molar-refractivity contribution is 0.0965. The first-order valence-electron chi connectivity index (χ1n) is 12.5. The molecule has 1 amide bonds. The van der Waals surface area contributed by atoms with Gasteiger partial charge in [-0.25, -0.2) is 9.37 Å². The SMILES string of the molecule is CC(C)(C)c1ccc2c(c1)cc(C(=O)NC1=CCn3c1nc1c3NCCC1)n2Cc1cccc(F)c1. The predicted molar refractivity (Wildman–Crippen MR) is 141 cm³/mol. The highest BCUT2D eigenvalue weighted by Crippen LogP contribution is 2.32. The van der Waals surface area contributed by atoms with Crippen molar-refractivity contribution < 1.29 is 9.18 Å². The monoisotopic (exact) mass is 483 g/mol. The molecule has 0 unspecified atom stereocenters. The summed E-state index contributed by atoms with van der Waals surface area (Å²) in [4.78, 5) is 18.5. The number of fused-ring (bicyclic) bond motifs is 4. The first kappa shape index (κ1) is 22.6. The molecule has 2 aromatic heterocycles. The van der Waals surface area contributed by atoms with E-state index < -0.39 is 0 Å². The molecule has 0 saturated heterocycles. The lowest BCUT2D eigenvalue weighted by atomic mass is 9.86. The molecule has 36 heavy (non-hydrogen) atoms. The molecule has 2 aliphatic rings. The summed E-state index contributed by atoms with van der Waals surface area (Å²) in [6, 6.07) is 14.8. The van der Waals surface area contributed by atoms with Gasteiger partial charge in [0.05, 0.1) is 11.4 Å². The van der Waals surface area contributed by atoms with Gasteiger partial charge in [0.25, 0.3) is 5.91 Å². The van der Waals surface area contributed by atoms with Gasteiger partial charge in [0.15, 0.2) is 5.82 Å². The van der Waals surface area contributed by atoms with Crippen LogP contribution in [0.1, 0.15) is 60.3 Å². The summed E-state index contributed by atoms with van der Waals surface area (Å²) >= 11 is 0. The Labute approximate surface area is 209 Å². The van der Waals surface area contributed by atoms with Gasteiger partial charge in [-0.1, -0.05) is 39.0 Å². The van der Waals surface area contributed by atoms with Crippen molar-refractivity contribution in [3.8, 4) is 0 Å². The van der Waals surface area contributed by atoms with E-state index in [-0.39, 0.29) is 17.1 Å². The van der Waals surface area contributed by atoms with Crippen LogP contribution in [0.25, 0.3) is 16.6 Å². The molecule has 2 aromatic carbocycles. The zero-order chi connectivity index (χ0) is 25.0. The average molecular weight is 484 g/mol. The van der Waals surface area contributed by atoms with Crippen molar-refractivity contribution in [3.05, 3.63) is 88.8 Å². The molecule has 0 spiro atoms. The minimum absolute atomic E-state index is 0.0137. The van der Waals surface area contributed by atoms with Gasteiger partial charge >= 0.3 is 0 Å². The van der Waals surface area contributed by atoms with Crippen LogP contribution in [0, 0.1) is 5.82 Å². The van der Waals surface area contributed by atoms with Crippen LogP contribution in [-0.4, -0.2) is 26.6 Å². The number of hydrogen-bond acceptors (Lipinski definition) is 3. The van der Waals surface area contributed by atoms with Gasteiger partial charge in [-0.05, 0) is 65.8 Å². The predicted octanol–water partition coefficient (Wildman–Crippen LogP) is 5.47. The van der Waals surface area contributed by atoms with Gasteiger partial charge < -0.3 is 19.8 Å². The third-order valence-corrected chi connectivity index (χ3v) is 7.12. The van der Waals surface area contributed by atoms with E-state index in [1.165, 1.54) is 17.7 Å². The van der Waals surface area contributed by atoms with Crippen molar-refractivity contribution in [2.75, 3.05) is 11.9 Å². The van der Waals surface area contributed by atoms with Crippen molar-refractivity contribution >= 4 is 28.3 Å². The second kappa shape index (κ2) is 8.36. The molecule has 0 fully saturated rings. The van der Waals surface area contributed by atoms with E-state index >= 15 is 0 Å². The van der Waals surface area contributed by atoms with Crippen molar-refractivity contribution in [1.82, 2.24) is 19.4 Å². The number of imidazole rings is 1. The van der Waals surface area contributed by atoms with Gasteiger partial charge in [0.2, 0.25) is 0 Å². The lowest BCUT2D eigenvalue weighted by Crippen LogP contribution is -2.25. The fourth-order valence-corrected chi connectivity index (χ4v) is 5.20. The molecule has 2 N–H and O–H groups in total. The second-order valence-corrected chi connectivity index (χ2v) is 10.7. The number of nitrogens with zero attached hydrogens (tertiary/aromatic N) is 3. The number of anilines is 1. The summed E-state index contributed by atoms with van der Waals surface area (Å²) in [6.45, 7) is 8.54. The molecule has 0 aliphatic carbocycles. The second-order valence-electron chi connectivity index (χ2n) is 10.7. The zero-order valence-electron chi connectivity index (χ0n) is 20.9. The number of aromatic nitrogens is 3. The molecule has 6 rings (SSSR count). The van der Waals surface area contributed by atoms with E-state index in [0.29, 0.717) is 18.8 Å². The van der Waals surface area contributed by atoms with E-state index in [9.17, 15) is 9.18 Å². The molecular weight excluding hydrogens is 453 g/mol. The Morgan fingerprint density at radius 3 is 2.83 bits per heavy atom. The molecule has 0 atom stereocenters. The summed E-state index contributed by atoms with van der Waals surface area (Å²) < 4.78 is 18.1. The zero-order valence-corrected chi connectivity index (χ0v) is 20.9. The highest BCUT2D eigenvalue weighted by molar-refractivity contribution is 6.02. The van der Waals surface area contributed by atoms with Gasteiger partial charge in [-0.15, -0.1) is 0 Å². The number of nitrogens with one attached hydrogen (secondary N) is 2. The molecule has 2 aliphatic heterocycles. The number of allylic oxidation sites excluding steroid dienone is 1. The Balaban J connectivity index is 1.38. The standard InChI is InChI=1S/C29H30FN5O/c1-29(2,3)20-9-10-24-19(15-20)16-25(35(24)17-18-6-4-7-21(30)14-18)28(36)33-23-11-13-34-26-22(32-27(23)34)8-5-12-31-26/h4,6-7,9-11,14-16,31H,5,8,12-13,17H2,1-3H3,(H,33,36). The van der Waals surface area contributed by atoms with E-state index in [4.69, 9.17) is 4.98 Å². The van der Waals surface area contributed by atoms with Gasteiger partial charge in [0, 0.05) is 30.5 Å². The third kappa shape index (κ3) is 3.88. The third-order valence-electron chi connectivity index (χ3n) is 7.12. The van der Waals surface area contributed by atoms with Gasteiger partial charge in [-0.3, -0.25) is 4.79 Å². The Kier molecular flexibility index (Phi) is 5.25. The first-order chi connectivity index (χ1) is 17.3. The Morgan fingerprint density at radius 2 is 2.03 bits per heavy atom. The fraction of sp³-hybridized carbons (Fsp3) is 0.310. The van der Waals surface area contributed by atoms with E-state index in [2.05, 4.69) is 54.2 Å². The number of rotatable bonds is 4. The number of amides is 1. The van der Waals surface area contributed by atoms with Crippen LogP contribution in [0.3, 0.4) is 0 Å². The van der Waals surface area contributed by atoms with Crippen molar-refractivity contribution in [1.29, 1.82) is 0 Å². The Morgan fingerprint density at radius 1 is 1.17 bits per heavy atom. The van der Waals surface area contributed by atoms with Crippen LogP contribution in [0.5, 0.6) is 0 Å². The first-order valence-corrected chi connectivity index (χ1v) is 12.5. The number of aryl methyl sites for hydroxylation is 1. The van der Waals surface area contributed by atoms with Crippen LogP contribution < -0.4 is 10.6 Å². The molecule has 7 heteroatoms. The minimum Gasteiger partial charge on any atom is -0.370 e. The quantitative estimate of drug-likeness (QED) is 0.405. The van der Waals surface area contributed by atoms with E-state index in [0.717, 1.165) is 58.9 Å². The number of halogens is 1. The maximum Gasteiger partial charge on any atom is 0.272 e. The maximum atomic E-state index is 14.0. The van der Waals surface area contributed by atoms with Crippen LogP contribution >= 0.6 is 0 Å². The summed E-state index contributed by atoms with van der Waals surface area (Å²) in [5.41, 5.74) is 5.26. The Hall–Kier alpha value is -3.87. The maximum absolute atomic E-state index is 14.0. The highest BCUT2D eigenvalue weighted by Gasteiger charge is 2.27.